The Morgan fingerprint density at radius 3 is 2.77 bits per heavy atom. The maximum Gasteiger partial charge on any atom is 0.326 e. The van der Waals surface area contributed by atoms with E-state index >= 15 is 0 Å². The number of carboxylic acids is 1. The molecule has 4 N–H and O–H groups in total. The fraction of sp³-hybridized carbons (Fsp3) is 0.167. The normalized spacial score (nSPS) is 12.4. The Morgan fingerprint density at radius 2 is 2.38 bits per heavy atom. The molecule has 1 atom stereocenters. The summed E-state index contributed by atoms with van der Waals surface area (Å²) in [6.45, 7) is 0. The molecule has 1 heterocycles. The minimum Gasteiger partial charge on any atom is -0.480 e. The highest BCUT2D eigenvalue weighted by Crippen LogP contribution is 2.16. The van der Waals surface area contributed by atoms with Crippen molar-refractivity contribution in [3.8, 4) is 0 Å². The molecule has 0 saturated heterocycles. The second-order valence-corrected chi connectivity index (χ2v) is 2.39. The highest BCUT2D eigenvalue weighted by Gasteiger charge is 2.19. The monoisotopic (exact) mass is 185 g/mol. The van der Waals surface area contributed by atoms with E-state index in [1.807, 2.05) is 0 Å². The SMILES string of the molecule is NC(C(=O)O)c1cc([N+](=O)[O-])c[nH]1. The number of aromatic nitrogens is 1. The third-order valence-corrected chi connectivity index (χ3v) is 1.50. The van der Waals surface area contributed by atoms with Crippen molar-refractivity contribution in [2.24, 2.45) is 5.73 Å². The molecule has 70 valence electrons. The maximum atomic E-state index is 10.4. The van der Waals surface area contributed by atoms with Crippen LogP contribution in [0.25, 0.3) is 0 Å². The Balaban J connectivity index is 2.91. The van der Waals surface area contributed by atoms with Gasteiger partial charge in [0, 0.05) is 6.07 Å². The van der Waals surface area contributed by atoms with E-state index in [1.54, 1.807) is 0 Å². The smallest absolute Gasteiger partial charge is 0.326 e. The van der Waals surface area contributed by atoms with Crippen molar-refractivity contribution >= 4 is 11.7 Å². The molecule has 0 fully saturated rings. The quantitative estimate of drug-likeness (QED) is 0.452. The largest absolute Gasteiger partial charge is 0.480 e. The van der Waals surface area contributed by atoms with E-state index in [4.69, 9.17) is 10.8 Å². The van der Waals surface area contributed by atoms with E-state index in [-0.39, 0.29) is 11.4 Å². The van der Waals surface area contributed by atoms with Crippen molar-refractivity contribution in [2.75, 3.05) is 0 Å². The van der Waals surface area contributed by atoms with Gasteiger partial charge < -0.3 is 15.8 Å². The zero-order valence-electron chi connectivity index (χ0n) is 6.43. The van der Waals surface area contributed by atoms with Gasteiger partial charge in [-0.15, -0.1) is 0 Å². The lowest BCUT2D eigenvalue weighted by molar-refractivity contribution is -0.384. The molecular formula is C6H7N3O4. The fourth-order valence-corrected chi connectivity index (χ4v) is 0.818. The number of nitro groups is 1. The molecule has 7 nitrogen and oxygen atoms in total. The van der Waals surface area contributed by atoms with Gasteiger partial charge in [0.2, 0.25) is 0 Å². The van der Waals surface area contributed by atoms with Crippen LogP contribution in [-0.4, -0.2) is 21.0 Å². The first-order valence-electron chi connectivity index (χ1n) is 3.33. The van der Waals surface area contributed by atoms with Crippen molar-refractivity contribution in [2.45, 2.75) is 6.04 Å². The van der Waals surface area contributed by atoms with E-state index in [2.05, 4.69) is 4.98 Å². The molecule has 0 aliphatic heterocycles. The summed E-state index contributed by atoms with van der Waals surface area (Å²) >= 11 is 0. The minimum absolute atomic E-state index is 0.110. The van der Waals surface area contributed by atoms with Crippen LogP contribution in [0.3, 0.4) is 0 Å². The number of aliphatic carboxylic acids is 1. The maximum absolute atomic E-state index is 10.4. The van der Waals surface area contributed by atoms with E-state index in [0.29, 0.717) is 0 Å². The van der Waals surface area contributed by atoms with Crippen molar-refractivity contribution in [1.82, 2.24) is 4.98 Å². The standard InChI is InChI=1S/C6H7N3O4/c7-5(6(10)11)4-1-3(2-8-4)9(12)13/h1-2,5,8H,7H2,(H,10,11). The van der Waals surface area contributed by atoms with Gasteiger partial charge in [-0.05, 0) is 0 Å². The molecular weight excluding hydrogens is 178 g/mol. The molecule has 0 aliphatic rings. The van der Waals surface area contributed by atoms with Gasteiger partial charge in [-0.3, -0.25) is 14.9 Å². The van der Waals surface area contributed by atoms with Gasteiger partial charge in [0.25, 0.3) is 5.69 Å². The Bertz CT molecular complexity index is 345. The molecule has 0 amide bonds. The van der Waals surface area contributed by atoms with Crippen LogP contribution in [0.5, 0.6) is 0 Å². The number of carboxylic acid groups (broad SMARTS) is 1. The number of rotatable bonds is 3. The zero-order valence-corrected chi connectivity index (χ0v) is 6.43. The first-order chi connectivity index (χ1) is 6.02. The number of hydrogen-bond donors (Lipinski definition) is 3. The van der Waals surface area contributed by atoms with E-state index in [1.165, 1.54) is 0 Å². The van der Waals surface area contributed by atoms with Gasteiger partial charge in [-0.1, -0.05) is 0 Å². The number of nitrogens with zero attached hydrogens (tertiary/aromatic N) is 1. The number of nitrogens with two attached hydrogens (primary N) is 1. The van der Waals surface area contributed by atoms with Gasteiger partial charge in [-0.25, -0.2) is 0 Å². The Labute approximate surface area is 72.3 Å². The number of aromatic amines is 1. The molecule has 13 heavy (non-hydrogen) atoms. The Hall–Kier alpha value is -1.89. The second-order valence-electron chi connectivity index (χ2n) is 2.39. The molecule has 0 aromatic carbocycles. The summed E-state index contributed by atoms with van der Waals surface area (Å²) in [6.07, 6.45) is 1.10. The van der Waals surface area contributed by atoms with Crippen LogP contribution in [0.4, 0.5) is 5.69 Å². The molecule has 1 rings (SSSR count). The molecule has 0 bridgehead atoms. The van der Waals surface area contributed by atoms with Crippen LogP contribution in [0.1, 0.15) is 11.7 Å². The third kappa shape index (κ3) is 1.82. The summed E-state index contributed by atoms with van der Waals surface area (Å²) in [5, 5.41) is 18.7. The van der Waals surface area contributed by atoms with Crippen LogP contribution < -0.4 is 5.73 Å². The molecule has 0 spiro atoms. The summed E-state index contributed by atoms with van der Waals surface area (Å²) in [4.78, 5) is 22.4. The average molecular weight is 185 g/mol. The highest BCUT2D eigenvalue weighted by molar-refractivity contribution is 5.74. The van der Waals surface area contributed by atoms with Gasteiger partial charge in [0.1, 0.15) is 6.04 Å². The van der Waals surface area contributed by atoms with Crippen LogP contribution in [-0.2, 0) is 4.79 Å². The van der Waals surface area contributed by atoms with Crippen LogP contribution in [0.15, 0.2) is 12.3 Å². The lowest BCUT2D eigenvalue weighted by Gasteiger charge is -2.00. The molecule has 1 aromatic rings. The van der Waals surface area contributed by atoms with Crippen molar-refractivity contribution in [3.05, 3.63) is 28.1 Å². The summed E-state index contributed by atoms with van der Waals surface area (Å²) < 4.78 is 0. The molecule has 0 aliphatic carbocycles. The van der Waals surface area contributed by atoms with E-state index in [0.717, 1.165) is 12.3 Å². The van der Waals surface area contributed by atoms with Gasteiger partial charge >= 0.3 is 5.97 Å². The fourth-order valence-electron chi connectivity index (χ4n) is 0.818. The Morgan fingerprint density at radius 1 is 1.77 bits per heavy atom. The number of hydrogen-bond acceptors (Lipinski definition) is 4. The van der Waals surface area contributed by atoms with Crippen molar-refractivity contribution in [3.63, 3.8) is 0 Å². The first kappa shape index (κ1) is 9.20. The third-order valence-electron chi connectivity index (χ3n) is 1.50. The highest BCUT2D eigenvalue weighted by atomic mass is 16.6. The summed E-state index contributed by atoms with van der Waals surface area (Å²) in [5.74, 6) is -1.24. The second kappa shape index (κ2) is 3.23. The van der Waals surface area contributed by atoms with Crippen LogP contribution >= 0.6 is 0 Å². The van der Waals surface area contributed by atoms with Gasteiger partial charge in [-0.2, -0.15) is 0 Å². The van der Waals surface area contributed by atoms with Crippen LogP contribution in [0, 0.1) is 10.1 Å². The number of carbonyl (C=O) groups is 1. The predicted molar refractivity (Wildman–Crippen MR) is 42.0 cm³/mol. The van der Waals surface area contributed by atoms with Gasteiger partial charge in [0.05, 0.1) is 16.8 Å². The lowest BCUT2D eigenvalue weighted by Crippen LogP contribution is -2.20. The van der Waals surface area contributed by atoms with E-state index in [9.17, 15) is 14.9 Å². The van der Waals surface area contributed by atoms with Gasteiger partial charge in [0.15, 0.2) is 0 Å². The van der Waals surface area contributed by atoms with E-state index < -0.39 is 16.9 Å². The van der Waals surface area contributed by atoms with Crippen LogP contribution in [0.2, 0.25) is 0 Å². The van der Waals surface area contributed by atoms with Crippen molar-refractivity contribution < 1.29 is 14.8 Å². The lowest BCUT2D eigenvalue weighted by atomic mass is 10.2. The summed E-state index contributed by atoms with van der Waals surface area (Å²) in [7, 11) is 0. The molecule has 0 radical (unpaired) electrons. The average Bonchev–Trinajstić information content (AvgIpc) is 2.50. The molecule has 0 saturated carbocycles. The predicted octanol–water partition coefficient (Wildman–Crippen LogP) is 0.00730. The molecule has 1 aromatic heterocycles. The summed E-state index contributed by atoms with van der Waals surface area (Å²) in [6, 6.07) is -0.160. The molecule has 7 heteroatoms. The Kier molecular flexibility index (Phi) is 2.29. The number of nitrogens with one attached hydrogen (secondary N) is 1. The summed E-state index contributed by atoms with van der Waals surface area (Å²) in [5.41, 5.74) is 5.11. The first-order valence-corrected chi connectivity index (χ1v) is 3.33. The number of H-pyrrole nitrogens is 1. The zero-order chi connectivity index (χ0) is 10.0. The topological polar surface area (TPSA) is 122 Å². The molecule has 1 unspecified atom stereocenters. The minimum atomic E-state index is -1.26. The van der Waals surface area contributed by atoms with Crippen molar-refractivity contribution in [1.29, 1.82) is 0 Å².